The van der Waals surface area contributed by atoms with Crippen molar-refractivity contribution in [2.24, 2.45) is 5.92 Å². The van der Waals surface area contributed by atoms with E-state index in [9.17, 15) is 81.1 Å². The van der Waals surface area contributed by atoms with Gasteiger partial charge < -0.3 is 106 Å². The molecule has 23 heteroatoms. The molecule has 0 radical (unpaired) electrons. The van der Waals surface area contributed by atoms with Gasteiger partial charge in [-0.3, -0.25) is 4.79 Å². The lowest BCUT2D eigenvalue weighted by Gasteiger charge is -2.42. The van der Waals surface area contributed by atoms with Crippen LogP contribution in [-0.4, -0.2) is 235 Å². The van der Waals surface area contributed by atoms with E-state index in [1.165, 1.54) is 0 Å². The Morgan fingerprint density at radius 2 is 1.04 bits per heavy atom. The maximum Gasteiger partial charge on any atom is 0.335 e. The van der Waals surface area contributed by atoms with Crippen LogP contribution >= 0.6 is 0 Å². The van der Waals surface area contributed by atoms with Crippen molar-refractivity contribution in [1.29, 1.82) is 0 Å². The molecule has 1 aromatic rings. The number of hydrogen-bond donors (Lipinski definition) is 17. The fraction of sp³-hybridized carbons (Fsp3) is 0.765. The van der Waals surface area contributed by atoms with Crippen LogP contribution in [0.3, 0.4) is 0 Å². The second-order valence-electron chi connectivity index (χ2n) is 13.8. The van der Waals surface area contributed by atoms with Gasteiger partial charge in [0, 0.05) is 6.42 Å². The number of benzene rings is 1. The normalized spacial score (nSPS) is 32.6. The summed E-state index contributed by atoms with van der Waals surface area (Å²) in [6.45, 7) is -1.62. The van der Waals surface area contributed by atoms with Crippen molar-refractivity contribution in [3.05, 3.63) is 35.9 Å². The van der Waals surface area contributed by atoms with Crippen molar-refractivity contribution in [2.75, 3.05) is 26.4 Å². The summed E-state index contributed by atoms with van der Waals surface area (Å²) in [5.41, 5.74) is 0.993. The highest BCUT2D eigenvalue weighted by molar-refractivity contribution is 5.83. The lowest BCUT2D eigenvalue weighted by molar-refractivity contribution is -0.326. The molecular weight excluding hydrogens is 776 g/mol. The van der Waals surface area contributed by atoms with E-state index < -0.39 is 148 Å². The number of carboxylic acids is 1. The monoisotopic (exact) mass is 832 g/mol. The fourth-order valence-corrected chi connectivity index (χ4v) is 5.92. The van der Waals surface area contributed by atoms with E-state index in [1.807, 2.05) is 30.3 Å². The van der Waals surface area contributed by atoms with Crippen LogP contribution in [0.4, 0.5) is 0 Å². The molecule has 330 valence electrons. The summed E-state index contributed by atoms with van der Waals surface area (Å²) >= 11 is 0. The molecule has 0 saturated carbocycles. The zero-order valence-corrected chi connectivity index (χ0v) is 30.7. The number of carbonyl (C=O) groups is 2. The number of aliphatic hydroxyl groups excluding tert-OH is 16. The molecule has 57 heavy (non-hydrogen) atoms. The highest BCUT2D eigenvalue weighted by Gasteiger charge is 2.49. The number of ketones is 1. The molecule has 2 aliphatic rings. The molecule has 23 nitrogen and oxygen atoms in total. The highest BCUT2D eigenvalue weighted by atomic mass is 16.7. The minimum atomic E-state index is -2.39. The molecule has 0 bridgehead atoms. The maximum atomic E-state index is 12.6. The van der Waals surface area contributed by atoms with Crippen molar-refractivity contribution in [3.8, 4) is 0 Å². The number of Topliss-reactive ketones (excluding diaryl/α,β-unsaturated/α-hetero) is 1. The average molecular weight is 833 g/mol. The van der Waals surface area contributed by atoms with Crippen molar-refractivity contribution in [1.82, 2.24) is 0 Å². The first-order chi connectivity index (χ1) is 26.7. The summed E-state index contributed by atoms with van der Waals surface area (Å²) in [6, 6.07) is 9.38. The fourth-order valence-electron chi connectivity index (χ4n) is 5.92. The Labute approximate surface area is 325 Å². The number of rotatable bonds is 20. The number of aliphatic carboxylic acids is 1. The molecule has 2 saturated heterocycles. The predicted octanol–water partition coefficient (Wildman–Crippen LogP) is -8.58. The third kappa shape index (κ3) is 13.8. The second kappa shape index (κ2) is 24.0. The Morgan fingerprint density at radius 1 is 0.632 bits per heavy atom. The minimum absolute atomic E-state index is 0.0882. The lowest BCUT2D eigenvalue weighted by atomic mass is 9.91. The minimum Gasteiger partial charge on any atom is -0.479 e. The van der Waals surface area contributed by atoms with E-state index in [1.54, 1.807) is 6.92 Å². The van der Waals surface area contributed by atoms with Crippen LogP contribution in [0.1, 0.15) is 18.9 Å². The van der Waals surface area contributed by atoms with Crippen LogP contribution in [-0.2, 0) is 35.0 Å². The number of carbonyl (C=O) groups excluding carboxylic acids is 1. The number of hydrogen-bond acceptors (Lipinski definition) is 22. The molecule has 0 unspecified atom stereocenters. The highest BCUT2D eigenvalue weighted by Crippen LogP contribution is 2.27. The van der Waals surface area contributed by atoms with Gasteiger partial charge in [0.05, 0.1) is 26.4 Å². The Morgan fingerprint density at radius 3 is 1.40 bits per heavy atom. The van der Waals surface area contributed by atoms with Gasteiger partial charge in [-0.2, -0.15) is 0 Å². The molecule has 2 fully saturated rings. The van der Waals surface area contributed by atoms with Crippen molar-refractivity contribution in [2.45, 2.75) is 130 Å². The van der Waals surface area contributed by atoms with E-state index in [4.69, 9.17) is 34.3 Å². The quantitative estimate of drug-likeness (QED) is 0.0580. The van der Waals surface area contributed by atoms with Crippen molar-refractivity contribution < 1.29 is 115 Å². The summed E-state index contributed by atoms with van der Waals surface area (Å²) in [6.07, 6.45) is -32.4. The van der Waals surface area contributed by atoms with Crippen LogP contribution in [0.15, 0.2) is 30.3 Å². The van der Waals surface area contributed by atoms with Crippen LogP contribution in [0.2, 0.25) is 0 Å². The maximum absolute atomic E-state index is 12.6. The number of aliphatic hydroxyl groups is 16. The Bertz CT molecular complexity index is 1310. The first-order valence-electron chi connectivity index (χ1n) is 17.8. The smallest absolute Gasteiger partial charge is 0.335 e. The standard InChI is InChI=1S/C22H34O11.C12H22O12/c1-11(7-12-5-3-2-4-6-12)8-13(25)16(27)19(30)21(14(26)9-23)33-22-20(31)18(29)17(28)15(10-24)32-22;13-1-3(15)10(7(18)8(19)11(21)22)24-12-9(20)6(17)5(16)4(2-14)23-12/h2-6,11,14-24,26-31H,7-10H2,1H3;3-10,12-20H,1-2H2,(H,21,22)/t11-,14+,15+,16-,17-,18-,19+,20+,21+,22-;3-,4-,5+,6+,7-,8-,9-,10-,12+/m01/s1. The molecule has 0 aliphatic carbocycles. The Kier molecular flexibility index (Phi) is 21.3. The van der Waals surface area contributed by atoms with Crippen LogP contribution in [0.5, 0.6) is 0 Å². The SMILES string of the molecule is C[C@H](CC(=O)[C@H](O)[C@@H](O)[C@H](O[C@@H]1O[C@H](CO)[C@H](O)[C@H](O)[C@H]1O)[C@H](O)CO)Cc1ccccc1.O=C(O)[C@H](O)[C@@H](O)[C@H](O[C@@H]1O[C@H](CO)[C@H](O)[C@H](O)[C@H]1O)[C@H](O)CO. The van der Waals surface area contributed by atoms with Crippen molar-refractivity contribution in [3.63, 3.8) is 0 Å². The van der Waals surface area contributed by atoms with Gasteiger partial charge in [-0.1, -0.05) is 37.3 Å². The van der Waals surface area contributed by atoms with Gasteiger partial charge in [0.2, 0.25) is 0 Å². The Hall–Kier alpha value is -2.44. The van der Waals surface area contributed by atoms with Gasteiger partial charge in [-0.15, -0.1) is 0 Å². The van der Waals surface area contributed by atoms with Gasteiger partial charge in [0.25, 0.3) is 0 Å². The number of ether oxygens (including phenoxy) is 4. The average Bonchev–Trinajstić information content (AvgIpc) is 3.20. The molecule has 0 aromatic heterocycles. The lowest BCUT2D eigenvalue weighted by Crippen LogP contribution is -2.61. The topological polar surface area (TPSA) is 415 Å². The third-order valence-electron chi connectivity index (χ3n) is 9.29. The molecule has 2 aliphatic heterocycles. The molecule has 0 amide bonds. The van der Waals surface area contributed by atoms with E-state index in [0.29, 0.717) is 6.42 Å². The largest absolute Gasteiger partial charge is 0.479 e. The van der Waals surface area contributed by atoms with Gasteiger partial charge in [0.1, 0.15) is 91.6 Å². The summed E-state index contributed by atoms with van der Waals surface area (Å²) in [5.74, 6) is -2.73. The van der Waals surface area contributed by atoms with Gasteiger partial charge >= 0.3 is 5.97 Å². The zero-order chi connectivity index (χ0) is 43.3. The number of carboxylic acid groups (broad SMARTS) is 1. The van der Waals surface area contributed by atoms with Crippen LogP contribution < -0.4 is 0 Å². The van der Waals surface area contributed by atoms with Crippen LogP contribution in [0.25, 0.3) is 0 Å². The molecule has 1 aromatic carbocycles. The van der Waals surface area contributed by atoms with Crippen molar-refractivity contribution >= 4 is 11.8 Å². The van der Waals surface area contributed by atoms with Gasteiger partial charge in [-0.25, -0.2) is 4.79 Å². The summed E-state index contributed by atoms with van der Waals surface area (Å²) in [7, 11) is 0. The molecule has 3 rings (SSSR count). The van der Waals surface area contributed by atoms with E-state index >= 15 is 0 Å². The van der Waals surface area contributed by atoms with E-state index in [2.05, 4.69) is 0 Å². The summed E-state index contributed by atoms with van der Waals surface area (Å²) in [4.78, 5) is 23.3. The molecule has 17 N–H and O–H groups in total. The van der Waals surface area contributed by atoms with Gasteiger partial charge in [-0.05, 0) is 17.9 Å². The zero-order valence-electron chi connectivity index (χ0n) is 30.7. The molecule has 2 heterocycles. The molecule has 0 spiro atoms. The van der Waals surface area contributed by atoms with Gasteiger partial charge in [0.15, 0.2) is 24.5 Å². The molecule has 19 atom stereocenters. The predicted molar refractivity (Wildman–Crippen MR) is 184 cm³/mol. The first-order valence-corrected chi connectivity index (χ1v) is 17.8. The first kappa shape index (κ1) is 50.7. The summed E-state index contributed by atoms with van der Waals surface area (Å²) in [5, 5.41) is 164. The molecular formula is C34H56O23. The second-order valence-corrected chi connectivity index (χ2v) is 13.8. The third-order valence-corrected chi connectivity index (χ3v) is 9.29. The van der Waals surface area contributed by atoms with E-state index in [0.717, 1.165) is 5.56 Å². The summed E-state index contributed by atoms with van der Waals surface area (Å²) < 4.78 is 20.5. The van der Waals surface area contributed by atoms with Crippen LogP contribution in [0, 0.1) is 5.92 Å². The Balaban J connectivity index is 0.000000414. The van der Waals surface area contributed by atoms with E-state index in [-0.39, 0.29) is 12.3 Å².